The molecule has 0 heterocycles. The summed E-state index contributed by atoms with van der Waals surface area (Å²) < 4.78 is 19.7. The largest absolute Gasteiger partial charge is 0.458 e. The summed E-state index contributed by atoms with van der Waals surface area (Å²) >= 11 is 0. The Kier molecular flexibility index (Phi) is 2.88. The van der Waals surface area contributed by atoms with Crippen molar-refractivity contribution in [2.75, 3.05) is 0 Å². The van der Waals surface area contributed by atoms with Gasteiger partial charge in [-0.2, -0.15) is 0 Å². The number of halogens is 1. The Morgan fingerprint density at radius 1 is 1.37 bits per heavy atom. The molecule has 0 saturated heterocycles. The first-order valence-electron chi connectivity index (χ1n) is 6.52. The van der Waals surface area contributed by atoms with Crippen LogP contribution < -0.4 is 0 Å². The Hall–Kier alpha value is -1.71. The Labute approximate surface area is 110 Å². The molecule has 2 saturated carbocycles. The fourth-order valence-corrected chi connectivity index (χ4v) is 3.20. The van der Waals surface area contributed by atoms with Gasteiger partial charge in [-0.05, 0) is 24.3 Å². The maximum Gasteiger partial charge on any atom is 0.345 e. The zero-order valence-electron chi connectivity index (χ0n) is 10.5. The average Bonchev–Trinajstić information content (AvgIpc) is 2.93. The van der Waals surface area contributed by atoms with E-state index in [0.29, 0.717) is 12.8 Å². The highest BCUT2D eigenvalue weighted by molar-refractivity contribution is 5.94. The lowest BCUT2D eigenvalue weighted by Crippen LogP contribution is -2.44. The molecule has 0 aliphatic heterocycles. The summed E-state index contributed by atoms with van der Waals surface area (Å²) in [5, 5.41) is 0. The smallest absolute Gasteiger partial charge is 0.345 e. The van der Waals surface area contributed by atoms with Crippen LogP contribution in [0.4, 0.5) is 4.39 Å². The third kappa shape index (κ3) is 2.05. The van der Waals surface area contributed by atoms with Gasteiger partial charge in [-0.25, -0.2) is 9.18 Å². The lowest BCUT2D eigenvalue weighted by Gasteiger charge is -2.26. The third-order valence-corrected chi connectivity index (χ3v) is 4.14. The standard InChI is InChI=1S/C15H15FO3/c16-15(8-11-6-12(15)13(17)7-11)14(18)19-9-10-4-2-1-3-5-10/h1-5,11-12H,6-9H2. The van der Waals surface area contributed by atoms with E-state index in [1.807, 2.05) is 30.3 Å². The number of carbonyl (C=O) groups excluding carboxylic acids is 2. The number of Topliss-reactive ketones (excluding diaryl/α,β-unsaturated/α-hetero) is 1. The first-order valence-corrected chi connectivity index (χ1v) is 6.52. The lowest BCUT2D eigenvalue weighted by molar-refractivity contribution is -0.165. The van der Waals surface area contributed by atoms with Crippen LogP contribution in [0.5, 0.6) is 0 Å². The second-order valence-electron chi connectivity index (χ2n) is 5.45. The van der Waals surface area contributed by atoms with Crippen molar-refractivity contribution >= 4 is 11.8 Å². The number of hydrogen-bond acceptors (Lipinski definition) is 3. The number of carbonyl (C=O) groups is 2. The second-order valence-corrected chi connectivity index (χ2v) is 5.45. The summed E-state index contributed by atoms with van der Waals surface area (Å²) in [6, 6.07) is 9.13. The fourth-order valence-electron chi connectivity index (χ4n) is 3.20. The molecule has 1 aromatic carbocycles. The molecule has 0 amide bonds. The average molecular weight is 262 g/mol. The Morgan fingerprint density at radius 3 is 2.74 bits per heavy atom. The van der Waals surface area contributed by atoms with E-state index in [2.05, 4.69) is 0 Å². The molecule has 0 aromatic heterocycles. The van der Waals surface area contributed by atoms with Gasteiger partial charge in [0.05, 0.1) is 5.92 Å². The summed E-state index contributed by atoms with van der Waals surface area (Å²) in [6.45, 7) is 0.0525. The van der Waals surface area contributed by atoms with E-state index in [9.17, 15) is 14.0 Å². The predicted molar refractivity (Wildman–Crippen MR) is 65.9 cm³/mol. The summed E-state index contributed by atoms with van der Waals surface area (Å²) in [5.74, 6) is -1.76. The maximum absolute atomic E-state index is 14.7. The molecule has 0 N–H and O–H groups in total. The number of esters is 1. The molecule has 100 valence electrons. The van der Waals surface area contributed by atoms with Crippen LogP contribution in [-0.4, -0.2) is 17.4 Å². The van der Waals surface area contributed by atoms with Crippen molar-refractivity contribution in [3.63, 3.8) is 0 Å². The van der Waals surface area contributed by atoms with Gasteiger partial charge in [0.1, 0.15) is 12.4 Å². The molecular weight excluding hydrogens is 247 g/mol. The molecule has 4 heteroatoms. The molecule has 2 fully saturated rings. The van der Waals surface area contributed by atoms with Gasteiger partial charge in [-0.1, -0.05) is 30.3 Å². The van der Waals surface area contributed by atoms with E-state index < -0.39 is 17.6 Å². The number of hydrogen-bond donors (Lipinski definition) is 0. The van der Waals surface area contributed by atoms with Crippen molar-refractivity contribution in [3.8, 4) is 0 Å². The van der Waals surface area contributed by atoms with Gasteiger partial charge in [0, 0.05) is 6.42 Å². The minimum Gasteiger partial charge on any atom is -0.458 e. The highest BCUT2D eigenvalue weighted by atomic mass is 19.1. The van der Waals surface area contributed by atoms with Gasteiger partial charge >= 0.3 is 5.97 Å². The van der Waals surface area contributed by atoms with Crippen LogP contribution in [-0.2, 0) is 20.9 Å². The second kappa shape index (κ2) is 4.44. The van der Waals surface area contributed by atoms with Crippen LogP contribution >= 0.6 is 0 Å². The molecule has 2 aliphatic carbocycles. The van der Waals surface area contributed by atoms with E-state index in [-0.39, 0.29) is 24.7 Å². The first kappa shape index (κ1) is 12.3. The molecule has 3 rings (SSSR count). The van der Waals surface area contributed by atoms with Crippen molar-refractivity contribution < 1.29 is 18.7 Å². The number of ether oxygens (including phenoxy) is 1. The van der Waals surface area contributed by atoms with Gasteiger partial charge in [-0.3, -0.25) is 4.79 Å². The number of fused-ring (bicyclic) bond motifs is 2. The van der Waals surface area contributed by atoms with Crippen molar-refractivity contribution in [2.45, 2.75) is 31.5 Å². The van der Waals surface area contributed by atoms with E-state index in [1.54, 1.807) is 0 Å². The molecule has 19 heavy (non-hydrogen) atoms. The Balaban J connectivity index is 1.66. The van der Waals surface area contributed by atoms with Crippen LogP contribution in [0.1, 0.15) is 24.8 Å². The number of rotatable bonds is 3. The Morgan fingerprint density at radius 2 is 2.11 bits per heavy atom. The third-order valence-electron chi connectivity index (χ3n) is 4.14. The van der Waals surface area contributed by atoms with Crippen molar-refractivity contribution in [1.82, 2.24) is 0 Å². The fraction of sp³-hybridized carbons (Fsp3) is 0.467. The minimum atomic E-state index is -2.09. The lowest BCUT2D eigenvalue weighted by atomic mass is 9.85. The zero-order valence-corrected chi connectivity index (χ0v) is 10.5. The minimum absolute atomic E-state index is 0.0202. The predicted octanol–water partition coefficient (Wildman–Crippen LogP) is 2.44. The summed E-state index contributed by atoms with van der Waals surface area (Å²) in [4.78, 5) is 23.5. The van der Waals surface area contributed by atoms with Gasteiger partial charge in [-0.15, -0.1) is 0 Å². The van der Waals surface area contributed by atoms with E-state index in [0.717, 1.165) is 5.56 Å². The Bertz CT molecular complexity index is 513. The first-order chi connectivity index (χ1) is 9.09. The molecule has 1 aromatic rings. The SMILES string of the molecule is O=C1CC2CC1C(F)(C(=O)OCc1ccccc1)C2. The van der Waals surface area contributed by atoms with Crippen LogP contribution in [0.25, 0.3) is 0 Å². The van der Waals surface area contributed by atoms with Crippen molar-refractivity contribution in [1.29, 1.82) is 0 Å². The summed E-state index contributed by atoms with van der Waals surface area (Å²) in [5.41, 5.74) is -1.27. The molecule has 3 unspecified atom stereocenters. The molecule has 3 nitrogen and oxygen atoms in total. The number of benzene rings is 1. The van der Waals surface area contributed by atoms with E-state index >= 15 is 0 Å². The quantitative estimate of drug-likeness (QED) is 0.786. The van der Waals surface area contributed by atoms with Crippen molar-refractivity contribution in [3.05, 3.63) is 35.9 Å². The van der Waals surface area contributed by atoms with E-state index in [4.69, 9.17) is 4.74 Å². The zero-order chi connectivity index (χ0) is 13.5. The molecule has 2 bridgehead atoms. The monoisotopic (exact) mass is 262 g/mol. The van der Waals surface area contributed by atoms with Crippen LogP contribution in [0.3, 0.4) is 0 Å². The molecule has 0 radical (unpaired) electrons. The van der Waals surface area contributed by atoms with Gasteiger partial charge in [0.2, 0.25) is 5.67 Å². The molecular formula is C15H15FO3. The molecule has 0 spiro atoms. The highest BCUT2D eigenvalue weighted by Crippen LogP contribution is 2.51. The highest BCUT2D eigenvalue weighted by Gasteiger charge is 2.61. The van der Waals surface area contributed by atoms with Gasteiger partial charge in [0.25, 0.3) is 0 Å². The van der Waals surface area contributed by atoms with Crippen molar-refractivity contribution in [2.24, 2.45) is 11.8 Å². The van der Waals surface area contributed by atoms with Gasteiger partial charge < -0.3 is 4.74 Å². The van der Waals surface area contributed by atoms with Crippen LogP contribution in [0.15, 0.2) is 30.3 Å². The molecule has 3 atom stereocenters. The topological polar surface area (TPSA) is 43.4 Å². The van der Waals surface area contributed by atoms with Crippen LogP contribution in [0.2, 0.25) is 0 Å². The van der Waals surface area contributed by atoms with Crippen LogP contribution in [0, 0.1) is 11.8 Å². The number of alkyl halides is 1. The number of ketones is 1. The summed E-state index contributed by atoms with van der Waals surface area (Å²) in [6.07, 6.45) is 1.05. The van der Waals surface area contributed by atoms with Gasteiger partial charge in [0.15, 0.2) is 0 Å². The summed E-state index contributed by atoms with van der Waals surface area (Å²) in [7, 11) is 0. The molecule has 2 aliphatic rings. The normalized spacial score (nSPS) is 32.6. The van der Waals surface area contributed by atoms with E-state index in [1.165, 1.54) is 0 Å². The maximum atomic E-state index is 14.7.